The number of nitrogens with zero attached hydrogens (tertiary/aromatic N) is 4. The summed E-state index contributed by atoms with van der Waals surface area (Å²) >= 11 is 1.20. The van der Waals surface area contributed by atoms with E-state index in [1.807, 2.05) is 0 Å². The van der Waals surface area contributed by atoms with Gasteiger partial charge in [-0.3, -0.25) is 4.55 Å². The molecule has 6 fully saturated rings. The average molecular weight is 685 g/mol. The van der Waals surface area contributed by atoms with Crippen molar-refractivity contribution < 1.29 is 27.6 Å². The molecule has 46 heavy (non-hydrogen) atoms. The minimum atomic E-state index is -4.13. The van der Waals surface area contributed by atoms with Crippen LogP contribution in [0, 0.1) is 35.5 Å². The molecule has 6 aliphatic carbocycles. The van der Waals surface area contributed by atoms with Gasteiger partial charge < -0.3 is 11.5 Å². The van der Waals surface area contributed by atoms with E-state index in [0.717, 1.165) is 83.5 Å². The van der Waals surface area contributed by atoms with Gasteiger partial charge in [0.2, 0.25) is 0 Å². The normalized spacial score (nSPS) is 45.8. The highest BCUT2D eigenvalue weighted by atomic mass is 32.2. The van der Waals surface area contributed by atoms with Crippen LogP contribution in [0.25, 0.3) is 0 Å². The predicted molar refractivity (Wildman–Crippen MR) is 176 cm³/mol. The third kappa shape index (κ3) is 8.17. The Morgan fingerprint density at radius 3 is 1.57 bits per heavy atom. The van der Waals surface area contributed by atoms with Gasteiger partial charge in [-0.1, -0.05) is 30.7 Å². The molecule has 0 radical (unpaired) electrons. The Morgan fingerprint density at radius 1 is 0.609 bits per heavy atom. The van der Waals surface area contributed by atoms with Crippen LogP contribution in [0.1, 0.15) is 116 Å². The maximum absolute atomic E-state index is 12.2. The Bertz CT molecular complexity index is 1150. The summed E-state index contributed by atoms with van der Waals surface area (Å²) < 4.78 is 39.3. The van der Waals surface area contributed by atoms with Crippen molar-refractivity contribution >= 4 is 22.2 Å². The van der Waals surface area contributed by atoms with Crippen molar-refractivity contribution in [3.63, 3.8) is 0 Å². The largest absolute Gasteiger partial charge is 0.326 e. The van der Waals surface area contributed by atoms with E-state index in [1.54, 1.807) is 0 Å². The Hall–Kier alpha value is -0.740. The van der Waals surface area contributed by atoms with Crippen molar-refractivity contribution in [1.82, 2.24) is 0 Å². The Labute approximate surface area is 278 Å². The van der Waals surface area contributed by atoms with Crippen LogP contribution in [0.15, 0.2) is 20.5 Å². The first-order chi connectivity index (χ1) is 22.2. The lowest BCUT2D eigenvalue weighted by molar-refractivity contribution is -0.432. The van der Waals surface area contributed by atoms with E-state index in [1.165, 1.54) is 37.7 Å². The van der Waals surface area contributed by atoms with Crippen LogP contribution in [-0.2, 0) is 19.5 Å². The quantitative estimate of drug-likeness (QED) is 0.0688. The van der Waals surface area contributed by atoms with Gasteiger partial charge >= 0.3 is 0 Å². The summed E-state index contributed by atoms with van der Waals surface area (Å²) in [6.07, 6.45) is 18.3. The van der Waals surface area contributed by atoms with Crippen LogP contribution in [0.2, 0.25) is 0 Å². The summed E-state index contributed by atoms with van der Waals surface area (Å²) in [5.74, 6) is 2.32. The minimum Gasteiger partial charge on any atom is -0.326 e. The first-order valence-corrected chi connectivity index (χ1v) is 20.4. The number of hydrogen-bond donors (Lipinski definition) is 4. The van der Waals surface area contributed by atoms with Gasteiger partial charge in [-0.05, 0) is 125 Å². The highest BCUT2D eigenvalue weighted by Gasteiger charge is 2.49. The molecule has 0 aromatic carbocycles. The molecule has 10 atom stereocenters. The van der Waals surface area contributed by atoms with Crippen molar-refractivity contribution in [2.45, 2.75) is 162 Å². The summed E-state index contributed by atoms with van der Waals surface area (Å²) in [5, 5.41) is 31.1. The molecule has 0 aliphatic heterocycles. The van der Waals surface area contributed by atoms with Crippen molar-refractivity contribution in [2.75, 3.05) is 0 Å². The Balaban J connectivity index is 0.955. The maximum Gasteiger partial charge on any atom is 0.268 e. The molecule has 6 aliphatic rings. The molecule has 10 unspecified atom stereocenters. The average Bonchev–Trinajstić information content (AvgIpc) is 3.07. The van der Waals surface area contributed by atoms with Crippen LogP contribution in [0.4, 0.5) is 0 Å². The molecule has 6 rings (SSSR count). The van der Waals surface area contributed by atoms with Crippen LogP contribution < -0.4 is 11.5 Å². The smallest absolute Gasteiger partial charge is 0.268 e. The summed E-state index contributed by atoms with van der Waals surface area (Å²) in [5.41, 5.74) is 13.4. The van der Waals surface area contributed by atoms with Crippen molar-refractivity contribution in [2.24, 2.45) is 67.4 Å². The Kier molecular flexibility index (Phi) is 12.1. The lowest BCUT2D eigenvalue weighted by Gasteiger charge is -2.46. The molecule has 262 valence electrons. The van der Waals surface area contributed by atoms with Gasteiger partial charge in [0.1, 0.15) is 0 Å². The van der Waals surface area contributed by atoms with Gasteiger partial charge in [-0.25, -0.2) is 5.26 Å². The zero-order chi connectivity index (χ0) is 32.3. The van der Waals surface area contributed by atoms with E-state index < -0.39 is 15.4 Å². The maximum atomic E-state index is 12.2. The molecule has 14 heteroatoms. The molecule has 0 amide bonds. The second kappa shape index (κ2) is 15.9. The third-order valence-electron chi connectivity index (χ3n) is 13.0. The lowest BCUT2D eigenvalue weighted by Crippen LogP contribution is -2.55. The van der Waals surface area contributed by atoms with Gasteiger partial charge in [0.15, 0.2) is 0 Å². The number of azo groups is 2. The molecular formula is C32H56N6O6S2. The van der Waals surface area contributed by atoms with Gasteiger partial charge in [0.05, 0.1) is 29.4 Å². The second-order valence-electron chi connectivity index (χ2n) is 15.4. The molecule has 0 bridgehead atoms. The van der Waals surface area contributed by atoms with Gasteiger partial charge in [-0.15, -0.1) is 4.33 Å². The number of fused-ring (bicyclic) bond motifs is 2. The fourth-order valence-corrected chi connectivity index (χ4v) is 12.6. The topological polar surface area (TPSA) is 195 Å². The van der Waals surface area contributed by atoms with Crippen molar-refractivity contribution in [3.8, 4) is 0 Å². The first-order valence-electron chi connectivity index (χ1n) is 18.1. The van der Waals surface area contributed by atoms with Gasteiger partial charge in [-0.2, -0.15) is 28.9 Å². The first kappa shape index (κ1) is 35.1. The summed E-state index contributed by atoms with van der Waals surface area (Å²) in [6, 6.07) is -0.103. The number of rotatable bonds is 9. The molecule has 12 nitrogen and oxygen atoms in total. The van der Waals surface area contributed by atoms with E-state index in [2.05, 4.69) is 10.2 Å². The van der Waals surface area contributed by atoms with E-state index in [9.17, 15) is 13.0 Å². The van der Waals surface area contributed by atoms with Gasteiger partial charge in [0.25, 0.3) is 10.1 Å². The predicted octanol–water partition coefficient (Wildman–Crippen LogP) is 6.51. The van der Waals surface area contributed by atoms with Crippen LogP contribution in [0.5, 0.6) is 0 Å². The van der Waals surface area contributed by atoms with Crippen LogP contribution >= 0.6 is 12.0 Å². The van der Waals surface area contributed by atoms with Crippen LogP contribution in [0.3, 0.4) is 0 Å². The van der Waals surface area contributed by atoms with Crippen molar-refractivity contribution in [1.29, 1.82) is 0 Å². The third-order valence-corrected chi connectivity index (χ3v) is 15.2. The molecule has 6 saturated carbocycles. The Morgan fingerprint density at radius 2 is 1.07 bits per heavy atom. The monoisotopic (exact) mass is 684 g/mol. The lowest BCUT2D eigenvalue weighted by atomic mass is 9.67. The molecule has 0 saturated heterocycles. The number of nitrogens with two attached hydrogens (primary N) is 2. The van der Waals surface area contributed by atoms with E-state index in [0.29, 0.717) is 23.7 Å². The SMILES string of the molecule is NC1C(N=NC2CCC(C3CCC(N=NC4CC(S(=O)(=O)O)C5CCCCC5C4N)CC3)CC2)CC(SOOO)C2CCCCC12. The number of hydrogen-bond acceptors (Lipinski definition) is 12. The van der Waals surface area contributed by atoms with E-state index in [-0.39, 0.29) is 59.8 Å². The highest BCUT2D eigenvalue weighted by molar-refractivity contribution is 7.95. The summed E-state index contributed by atoms with van der Waals surface area (Å²) in [4.78, 5) is 0. The van der Waals surface area contributed by atoms with Crippen LogP contribution in [-0.4, -0.2) is 65.0 Å². The fourth-order valence-electron chi connectivity index (χ4n) is 10.5. The molecule has 0 spiro atoms. The highest BCUT2D eigenvalue weighted by Crippen LogP contribution is 2.47. The second-order valence-corrected chi connectivity index (χ2v) is 18.0. The standard InChI is InChI=1S/C32H56N6O6S2/c33-31-25-7-3-1-5-23(25)29(45-44-43-39)17-27(31)37-35-21-13-9-19(10-14-21)20-11-15-22(16-12-20)36-38-28-18-30(46(40,41)42)24-6-2-4-8-26(24)32(28)34/h19-32,39H,1-18,33-34H2,(H,40,41,42). The zero-order valence-electron chi connectivity index (χ0n) is 27.1. The summed E-state index contributed by atoms with van der Waals surface area (Å²) in [6.45, 7) is 0. The molecule has 0 aromatic heterocycles. The van der Waals surface area contributed by atoms with Gasteiger partial charge in [0, 0.05) is 29.4 Å². The zero-order valence-corrected chi connectivity index (χ0v) is 28.7. The van der Waals surface area contributed by atoms with Crippen molar-refractivity contribution in [3.05, 3.63) is 0 Å². The van der Waals surface area contributed by atoms with E-state index >= 15 is 0 Å². The fraction of sp³-hybridized carbons (Fsp3) is 1.00. The molecule has 0 aromatic rings. The molecular weight excluding hydrogens is 629 g/mol. The summed E-state index contributed by atoms with van der Waals surface area (Å²) in [7, 11) is -4.13. The molecule has 0 heterocycles. The minimum absolute atomic E-state index is 0.0202. The van der Waals surface area contributed by atoms with E-state index in [4.69, 9.17) is 36.4 Å². The molecule has 6 N–H and O–H groups in total.